The second kappa shape index (κ2) is 6.69. The van der Waals surface area contributed by atoms with Crippen molar-refractivity contribution in [3.8, 4) is 11.5 Å². The predicted octanol–water partition coefficient (Wildman–Crippen LogP) is 3.79. The molecule has 120 valence electrons. The number of benzene rings is 2. The fourth-order valence-electron chi connectivity index (χ4n) is 2.38. The molecule has 0 aromatic heterocycles. The Morgan fingerprint density at radius 3 is 2.65 bits per heavy atom. The molecule has 0 bridgehead atoms. The number of halogens is 2. The monoisotopic (exact) mass is 351 g/mol. The van der Waals surface area contributed by atoms with Gasteiger partial charge in [0.2, 0.25) is 6.10 Å². The number of hydrogen-bond acceptors (Lipinski definition) is 3. The van der Waals surface area contributed by atoms with E-state index in [0.717, 1.165) is 5.56 Å². The Hall–Kier alpha value is -1.91. The van der Waals surface area contributed by atoms with Crippen molar-refractivity contribution in [3.63, 3.8) is 0 Å². The van der Waals surface area contributed by atoms with Crippen molar-refractivity contribution in [2.24, 2.45) is 0 Å². The van der Waals surface area contributed by atoms with Crippen molar-refractivity contribution in [1.82, 2.24) is 4.90 Å². The first-order valence-electron chi connectivity index (χ1n) is 7.12. The van der Waals surface area contributed by atoms with E-state index in [9.17, 15) is 4.79 Å². The molecule has 0 aliphatic carbocycles. The maximum Gasteiger partial charge on any atom is 0.267 e. The lowest BCUT2D eigenvalue weighted by atomic mass is 10.2. The SMILES string of the molecule is CN(Cc1ccc(Cl)c(Cl)c1)C(=O)[C@H]1COc2ccccc2O1. The van der Waals surface area contributed by atoms with Gasteiger partial charge in [-0.3, -0.25) is 4.79 Å². The second-order valence-electron chi connectivity index (χ2n) is 5.31. The highest BCUT2D eigenvalue weighted by Gasteiger charge is 2.29. The van der Waals surface area contributed by atoms with Gasteiger partial charge in [0.25, 0.3) is 5.91 Å². The average molecular weight is 352 g/mol. The normalized spacial score (nSPS) is 16.0. The van der Waals surface area contributed by atoms with Gasteiger partial charge in [-0.25, -0.2) is 0 Å². The highest BCUT2D eigenvalue weighted by molar-refractivity contribution is 6.42. The fraction of sp³-hybridized carbons (Fsp3) is 0.235. The molecule has 3 rings (SSSR count). The van der Waals surface area contributed by atoms with E-state index in [-0.39, 0.29) is 12.5 Å². The molecule has 2 aromatic rings. The molecule has 1 aliphatic heterocycles. The van der Waals surface area contributed by atoms with Crippen LogP contribution in [0.2, 0.25) is 10.0 Å². The third-order valence-electron chi connectivity index (χ3n) is 3.56. The maximum absolute atomic E-state index is 12.5. The van der Waals surface area contributed by atoms with E-state index in [1.807, 2.05) is 24.3 Å². The molecule has 23 heavy (non-hydrogen) atoms. The van der Waals surface area contributed by atoms with Crippen molar-refractivity contribution in [1.29, 1.82) is 0 Å². The van der Waals surface area contributed by atoms with Crippen LogP contribution in [-0.4, -0.2) is 30.6 Å². The minimum absolute atomic E-state index is 0.148. The number of amides is 1. The second-order valence-corrected chi connectivity index (χ2v) is 6.12. The molecule has 4 nitrogen and oxygen atoms in total. The quantitative estimate of drug-likeness (QED) is 0.844. The molecule has 0 spiro atoms. The third-order valence-corrected chi connectivity index (χ3v) is 4.30. The highest BCUT2D eigenvalue weighted by atomic mass is 35.5. The fourth-order valence-corrected chi connectivity index (χ4v) is 2.70. The Balaban J connectivity index is 1.67. The van der Waals surface area contributed by atoms with Gasteiger partial charge in [-0.2, -0.15) is 0 Å². The zero-order chi connectivity index (χ0) is 16.4. The summed E-state index contributed by atoms with van der Waals surface area (Å²) < 4.78 is 11.3. The minimum Gasteiger partial charge on any atom is -0.485 e. The van der Waals surface area contributed by atoms with Gasteiger partial charge < -0.3 is 14.4 Å². The van der Waals surface area contributed by atoms with Gasteiger partial charge in [0.05, 0.1) is 10.0 Å². The van der Waals surface area contributed by atoms with Crippen LogP contribution in [-0.2, 0) is 11.3 Å². The molecule has 6 heteroatoms. The summed E-state index contributed by atoms with van der Waals surface area (Å²) in [5, 5.41) is 0.959. The topological polar surface area (TPSA) is 38.8 Å². The molecule has 0 saturated carbocycles. The molecule has 0 saturated heterocycles. The number of carbonyl (C=O) groups is 1. The van der Waals surface area contributed by atoms with Crippen LogP contribution in [0.15, 0.2) is 42.5 Å². The molecule has 0 unspecified atom stereocenters. The van der Waals surface area contributed by atoms with Gasteiger partial charge in [0.1, 0.15) is 6.61 Å². The van der Waals surface area contributed by atoms with E-state index in [0.29, 0.717) is 28.1 Å². The summed E-state index contributed by atoms with van der Waals surface area (Å²) in [6.45, 7) is 0.610. The van der Waals surface area contributed by atoms with E-state index in [4.69, 9.17) is 32.7 Å². The van der Waals surface area contributed by atoms with E-state index in [2.05, 4.69) is 0 Å². The summed E-state index contributed by atoms with van der Waals surface area (Å²) in [6, 6.07) is 12.6. The summed E-state index contributed by atoms with van der Waals surface area (Å²) in [6.07, 6.45) is -0.655. The lowest BCUT2D eigenvalue weighted by Gasteiger charge is -2.28. The molecule has 0 fully saturated rings. The zero-order valence-electron chi connectivity index (χ0n) is 12.5. The van der Waals surface area contributed by atoms with Gasteiger partial charge in [-0.1, -0.05) is 41.4 Å². The largest absolute Gasteiger partial charge is 0.485 e. The Morgan fingerprint density at radius 1 is 1.17 bits per heavy atom. The number of likely N-dealkylation sites (N-methyl/N-ethyl adjacent to an activating group) is 1. The van der Waals surface area contributed by atoms with Gasteiger partial charge in [-0.05, 0) is 29.8 Å². The first-order valence-corrected chi connectivity index (χ1v) is 7.87. The summed E-state index contributed by atoms with van der Waals surface area (Å²) in [5.74, 6) is 1.09. The lowest BCUT2D eigenvalue weighted by molar-refractivity contribution is -0.140. The standard InChI is InChI=1S/C17H15Cl2NO3/c1-20(9-11-6-7-12(18)13(19)8-11)17(21)16-10-22-14-4-2-3-5-15(14)23-16/h2-8,16H,9-10H2,1H3/t16-/m1/s1. The van der Waals surface area contributed by atoms with Crippen LogP contribution in [0, 0.1) is 0 Å². The molecule has 1 atom stereocenters. The lowest BCUT2D eigenvalue weighted by Crippen LogP contribution is -2.44. The zero-order valence-corrected chi connectivity index (χ0v) is 14.0. The number of ether oxygens (including phenoxy) is 2. The Morgan fingerprint density at radius 2 is 1.91 bits per heavy atom. The van der Waals surface area contributed by atoms with Gasteiger partial charge in [-0.15, -0.1) is 0 Å². The molecular weight excluding hydrogens is 337 g/mol. The van der Waals surface area contributed by atoms with Crippen molar-refractivity contribution >= 4 is 29.1 Å². The van der Waals surface area contributed by atoms with Gasteiger partial charge in [0.15, 0.2) is 11.5 Å². The Labute approximate surface area is 144 Å². The van der Waals surface area contributed by atoms with E-state index in [1.54, 1.807) is 30.1 Å². The summed E-state index contributed by atoms with van der Waals surface area (Å²) in [7, 11) is 1.72. The van der Waals surface area contributed by atoms with Crippen LogP contribution in [0.4, 0.5) is 0 Å². The van der Waals surface area contributed by atoms with Crippen LogP contribution in [0.3, 0.4) is 0 Å². The third kappa shape index (κ3) is 3.54. The number of nitrogens with zero attached hydrogens (tertiary/aromatic N) is 1. The summed E-state index contributed by atoms with van der Waals surface area (Å²) in [5.41, 5.74) is 0.896. The first kappa shape index (κ1) is 16.0. The van der Waals surface area contributed by atoms with E-state index in [1.165, 1.54) is 0 Å². The van der Waals surface area contributed by atoms with Crippen LogP contribution in [0.1, 0.15) is 5.56 Å². The van der Waals surface area contributed by atoms with Crippen LogP contribution < -0.4 is 9.47 Å². The van der Waals surface area contributed by atoms with Crippen LogP contribution >= 0.6 is 23.2 Å². The molecule has 1 amide bonds. The van der Waals surface area contributed by atoms with Gasteiger partial charge >= 0.3 is 0 Å². The summed E-state index contributed by atoms with van der Waals surface area (Å²) in [4.78, 5) is 14.1. The number of fused-ring (bicyclic) bond motifs is 1. The Kier molecular flexibility index (Phi) is 4.64. The van der Waals surface area contributed by atoms with Crippen molar-refractivity contribution in [2.45, 2.75) is 12.6 Å². The number of para-hydroxylation sites is 2. The first-order chi connectivity index (χ1) is 11.0. The summed E-state index contributed by atoms with van der Waals surface area (Å²) >= 11 is 11.9. The number of carbonyl (C=O) groups excluding carboxylic acids is 1. The molecule has 0 radical (unpaired) electrons. The Bertz CT molecular complexity index is 736. The molecule has 1 heterocycles. The smallest absolute Gasteiger partial charge is 0.267 e. The minimum atomic E-state index is -0.655. The average Bonchev–Trinajstić information content (AvgIpc) is 2.57. The van der Waals surface area contributed by atoms with Crippen LogP contribution in [0.25, 0.3) is 0 Å². The van der Waals surface area contributed by atoms with Crippen molar-refractivity contribution in [2.75, 3.05) is 13.7 Å². The van der Waals surface area contributed by atoms with Gasteiger partial charge in [0, 0.05) is 13.6 Å². The highest BCUT2D eigenvalue weighted by Crippen LogP contribution is 2.31. The molecule has 1 aliphatic rings. The molecule has 0 N–H and O–H groups in total. The van der Waals surface area contributed by atoms with Crippen molar-refractivity contribution < 1.29 is 14.3 Å². The van der Waals surface area contributed by atoms with E-state index < -0.39 is 6.10 Å². The number of hydrogen-bond donors (Lipinski definition) is 0. The number of rotatable bonds is 3. The molecule has 2 aromatic carbocycles. The molecular formula is C17H15Cl2NO3. The predicted molar refractivity (Wildman–Crippen MR) is 89.3 cm³/mol. The maximum atomic E-state index is 12.5. The van der Waals surface area contributed by atoms with Crippen LogP contribution in [0.5, 0.6) is 11.5 Å². The van der Waals surface area contributed by atoms with Crippen molar-refractivity contribution in [3.05, 3.63) is 58.1 Å². The van der Waals surface area contributed by atoms with E-state index >= 15 is 0 Å².